The number of amides is 2. The van der Waals surface area contributed by atoms with Gasteiger partial charge in [-0.1, -0.05) is 0 Å². The average Bonchev–Trinajstić information content (AvgIpc) is 3.43. The van der Waals surface area contributed by atoms with Crippen LogP contribution in [0.25, 0.3) is 6.08 Å². The molecule has 13 heteroatoms. The lowest BCUT2D eigenvalue weighted by Crippen LogP contribution is -2.27. The molecule has 0 saturated carbocycles. The van der Waals surface area contributed by atoms with Crippen molar-refractivity contribution in [3.63, 3.8) is 0 Å². The number of ether oxygens (including phenoxy) is 2. The van der Waals surface area contributed by atoms with Gasteiger partial charge in [-0.2, -0.15) is 0 Å². The number of carbonyl (C=O) groups is 3. The molecule has 0 spiro atoms. The standard InChI is InChI=1S/C24H16Br2N2O8S/c1-34-23(30)19-7-6-16(36-19)11-27-22(29)20(37-24(27)31)10-14-8-17(25)21(18(26)9-14)35-12-13-2-4-15(5-3-13)28(32)33/h2-10H,11-12H2,1H3/b20-10+. The van der Waals surface area contributed by atoms with Gasteiger partial charge in [0.15, 0.2) is 0 Å². The van der Waals surface area contributed by atoms with Crippen LogP contribution in [0.5, 0.6) is 5.75 Å². The molecule has 4 rings (SSSR count). The number of hydrogen-bond acceptors (Lipinski definition) is 9. The molecule has 190 valence electrons. The van der Waals surface area contributed by atoms with Crippen molar-refractivity contribution in [2.24, 2.45) is 0 Å². The summed E-state index contributed by atoms with van der Waals surface area (Å²) >= 11 is 7.72. The van der Waals surface area contributed by atoms with Crippen LogP contribution in [0.1, 0.15) is 27.4 Å². The highest BCUT2D eigenvalue weighted by molar-refractivity contribution is 9.11. The molecule has 0 unspecified atom stereocenters. The van der Waals surface area contributed by atoms with Crippen LogP contribution in [0, 0.1) is 10.1 Å². The number of benzene rings is 2. The molecule has 2 heterocycles. The van der Waals surface area contributed by atoms with Crippen molar-refractivity contribution in [1.82, 2.24) is 4.90 Å². The second-order valence-electron chi connectivity index (χ2n) is 7.55. The van der Waals surface area contributed by atoms with Gasteiger partial charge in [-0.15, -0.1) is 0 Å². The van der Waals surface area contributed by atoms with Crippen LogP contribution in [-0.4, -0.2) is 34.0 Å². The van der Waals surface area contributed by atoms with Gasteiger partial charge in [0.2, 0.25) is 5.76 Å². The summed E-state index contributed by atoms with van der Waals surface area (Å²) < 4.78 is 17.0. The van der Waals surface area contributed by atoms with Crippen molar-refractivity contribution in [3.8, 4) is 5.75 Å². The van der Waals surface area contributed by atoms with Crippen molar-refractivity contribution < 1.29 is 33.2 Å². The molecule has 1 saturated heterocycles. The van der Waals surface area contributed by atoms with Gasteiger partial charge in [-0.05, 0) is 97.2 Å². The first-order valence-corrected chi connectivity index (χ1v) is 12.8. The molecule has 0 N–H and O–H groups in total. The predicted molar refractivity (Wildman–Crippen MR) is 141 cm³/mol. The van der Waals surface area contributed by atoms with Crippen molar-refractivity contribution in [1.29, 1.82) is 0 Å². The molecule has 1 aliphatic rings. The van der Waals surface area contributed by atoms with E-state index in [2.05, 4.69) is 36.6 Å². The molecular weight excluding hydrogens is 636 g/mol. The second-order valence-corrected chi connectivity index (χ2v) is 10.3. The van der Waals surface area contributed by atoms with E-state index in [1.54, 1.807) is 30.3 Å². The Morgan fingerprint density at radius 3 is 2.43 bits per heavy atom. The number of carbonyl (C=O) groups excluding carboxylic acids is 3. The zero-order valence-corrected chi connectivity index (χ0v) is 22.9. The molecule has 0 bridgehead atoms. The first kappa shape index (κ1) is 26.6. The first-order valence-electron chi connectivity index (χ1n) is 10.4. The van der Waals surface area contributed by atoms with Crippen molar-refractivity contribution in [3.05, 3.63) is 95.1 Å². The van der Waals surface area contributed by atoms with E-state index < -0.39 is 22.0 Å². The minimum absolute atomic E-state index is 0.00465. The van der Waals surface area contributed by atoms with Crippen LogP contribution in [0.3, 0.4) is 0 Å². The van der Waals surface area contributed by atoms with Crippen LogP contribution in [0.15, 0.2) is 66.8 Å². The Kier molecular flexibility index (Phi) is 8.15. The summed E-state index contributed by atoms with van der Waals surface area (Å²) in [6, 6.07) is 12.4. The van der Waals surface area contributed by atoms with Crippen LogP contribution in [0.4, 0.5) is 10.5 Å². The van der Waals surface area contributed by atoms with E-state index in [-0.39, 0.29) is 35.3 Å². The molecule has 1 aliphatic heterocycles. The van der Waals surface area contributed by atoms with E-state index in [9.17, 15) is 24.5 Å². The third kappa shape index (κ3) is 6.12. The van der Waals surface area contributed by atoms with Crippen LogP contribution in [0.2, 0.25) is 0 Å². The van der Waals surface area contributed by atoms with Crippen LogP contribution >= 0.6 is 43.6 Å². The molecule has 1 fully saturated rings. The number of thioether (sulfide) groups is 1. The molecule has 0 atom stereocenters. The molecule has 37 heavy (non-hydrogen) atoms. The first-order chi connectivity index (χ1) is 17.7. The number of halogens is 2. The van der Waals surface area contributed by atoms with E-state index in [0.717, 1.165) is 22.2 Å². The largest absolute Gasteiger partial charge is 0.487 e. The maximum Gasteiger partial charge on any atom is 0.373 e. The zero-order valence-electron chi connectivity index (χ0n) is 18.9. The summed E-state index contributed by atoms with van der Waals surface area (Å²) in [6.45, 7) is 0.0553. The third-order valence-corrected chi connectivity index (χ3v) is 7.17. The maximum atomic E-state index is 12.9. The summed E-state index contributed by atoms with van der Waals surface area (Å²) in [4.78, 5) is 48.5. The van der Waals surface area contributed by atoms with Crippen molar-refractivity contribution >= 4 is 72.5 Å². The van der Waals surface area contributed by atoms with Gasteiger partial charge in [0.05, 0.1) is 32.4 Å². The number of non-ortho nitro benzene ring substituents is 1. The van der Waals surface area contributed by atoms with Gasteiger partial charge in [-0.25, -0.2) is 4.79 Å². The summed E-state index contributed by atoms with van der Waals surface area (Å²) in [5.41, 5.74) is 1.38. The molecule has 0 radical (unpaired) electrons. The van der Waals surface area contributed by atoms with Gasteiger partial charge in [0.1, 0.15) is 18.1 Å². The van der Waals surface area contributed by atoms with E-state index in [4.69, 9.17) is 9.15 Å². The van der Waals surface area contributed by atoms with E-state index in [0.29, 0.717) is 20.3 Å². The predicted octanol–water partition coefficient (Wildman–Crippen LogP) is 6.31. The molecule has 0 aliphatic carbocycles. The number of esters is 1. The number of nitro benzene ring substituents is 1. The van der Waals surface area contributed by atoms with E-state index >= 15 is 0 Å². The molecule has 10 nitrogen and oxygen atoms in total. The lowest BCUT2D eigenvalue weighted by atomic mass is 10.2. The Morgan fingerprint density at radius 2 is 1.81 bits per heavy atom. The lowest BCUT2D eigenvalue weighted by Gasteiger charge is -2.12. The van der Waals surface area contributed by atoms with E-state index in [1.807, 2.05) is 0 Å². The highest BCUT2D eigenvalue weighted by Gasteiger charge is 2.36. The topological polar surface area (TPSA) is 129 Å². The summed E-state index contributed by atoms with van der Waals surface area (Å²) in [6.07, 6.45) is 1.59. The number of hydrogen-bond donors (Lipinski definition) is 0. The zero-order chi connectivity index (χ0) is 26.7. The van der Waals surface area contributed by atoms with Crippen LogP contribution in [-0.2, 0) is 22.7 Å². The maximum absolute atomic E-state index is 12.9. The summed E-state index contributed by atoms with van der Waals surface area (Å²) in [5, 5.41) is 10.3. The number of nitro groups is 1. The fourth-order valence-corrected chi connectivity index (χ4v) is 5.58. The Balaban J connectivity index is 1.45. The van der Waals surface area contributed by atoms with Gasteiger partial charge >= 0.3 is 5.97 Å². The van der Waals surface area contributed by atoms with Gasteiger partial charge in [0, 0.05) is 12.1 Å². The molecule has 1 aromatic heterocycles. The van der Waals surface area contributed by atoms with Crippen molar-refractivity contribution in [2.75, 3.05) is 7.11 Å². The minimum Gasteiger partial charge on any atom is -0.487 e. The number of furan rings is 1. The molecule has 2 amide bonds. The monoisotopic (exact) mass is 650 g/mol. The van der Waals surface area contributed by atoms with Crippen LogP contribution < -0.4 is 4.74 Å². The number of imide groups is 1. The van der Waals surface area contributed by atoms with Crippen molar-refractivity contribution in [2.45, 2.75) is 13.2 Å². The number of rotatable bonds is 8. The second kappa shape index (κ2) is 11.3. The summed E-state index contributed by atoms with van der Waals surface area (Å²) in [5.74, 6) is -0.397. The van der Waals surface area contributed by atoms with Gasteiger partial charge in [0.25, 0.3) is 16.8 Å². The quantitative estimate of drug-likeness (QED) is 0.119. The highest BCUT2D eigenvalue weighted by atomic mass is 79.9. The highest BCUT2D eigenvalue weighted by Crippen LogP contribution is 2.38. The van der Waals surface area contributed by atoms with E-state index in [1.165, 1.54) is 31.4 Å². The lowest BCUT2D eigenvalue weighted by molar-refractivity contribution is -0.384. The number of nitrogens with zero attached hydrogens (tertiary/aromatic N) is 2. The smallest absolute Gasteiger partial charge is 0.373 e. The third-order valence-electron chi connectivity index (χ3n) is 5.08. The fraction of sp³-hybridized carbons (Fsp3) is 0.125. The van der Waals surface area contributed by atoms with Gasteiger partial charge in [-0.3, -0.25) is 24.6 Å². The Bertz CT molecular complexity index is 1410. The Morgan fingerprint density at radius 1 is 1.14 bits per heavy atom. The fourth-order valence-electron chi connectivity index (χ4n) is 3.29. The number of methoxy groups -OCH3 is 1. The minimum atomic E-state index is -0.656. The normalized spacial score (nSPS) is 14.4. The molecule has 2 aromatic carbocycles. The average molecular weight is 652 g/mol. The summed E-state index contributed by atoms with van der Waals surface area (Å²) in [7, 11) is 1.22. The Hall–Kier alpha value is -3.42. The molecular formula is C24H16Br2N2O8S. The Labute approximate surface area is 231 Å². The SMILES string of the molecule is COC(=O)c1ccc(CN2C(=O)S/C(=C/c3cc(Br)c(OCc4ccc([N+](=O)[O-])cc4)c(Br)c3)C2=O)o1. The molecule has 3 aromatic rings. The van der Waals surface area contributed by atoms with Gasteiger partial charge < -0.3 is 13.9 Å².